The van der Waals surface area contributed by atoms with Crippen LogP contribution in [0.15, 0.2) is 12.1 Å². The van der Waals surface area contributed by atoms with Gasteiger partial charge in [-0.2, -0.15) is 0 Å². The number of phenols is 2. The van der Waals surface area contributed by atoms with Gasteiger partial charge in [-0.1, -0.05) is 12.8 Å². The summed E-state index contributed by atoms with van der Waals surface area (Å²) in [5.41, 5.74) is 0.768. The second kappa shape index (κ2) is 8.20. The number of aliphatic hydroxyl groups is 1. The molecule has 0 unspecified atom stereocenters. The number of aryl methyl sites for hydroxylation is 1. The van der Waals surface area contributed by atoms with E-state index < -0.39 is 5.97 Å². The van der Waals surface area contributed by atoms with Gasteiger partial charge in [0, 0.05) is 6.07 Å². The first-order valence-corrected chi connectivity index (χ1v) is 8.41. The first-order chi connectivity index (χ1) is 11.0. The van der Waals surface area contributed by atoms with Gasteiger partial charge in [0.1, 0.15) is 17.1 Å². The second-order valence-electron chi connectivity index (χ2n) is 6.40. The Morgan fingerprint density at radius 3 is 2.57 bits per heavy atom. The van der Waals surface area contributed by atoms with Crippen molar-refractivity contribution in [2.24, 2.45) is 0 Å². The number of fused-ring (bicyclic) bond motifs is 1. The monoisotopic (exact) mass is 322 g/mol. The molecule has 128 valence electrons. The third-order valence-corrected chi connectivity index (χ3v) is 4.33. The van der Waals surface area contributed by atoms with Crippen molar-refractivity contribution < 1.29 is 24.9 Å². The minimum absolute atomic E-state index is 0.0568. The quantitative estimate of drug-likeness (QED) is 0.638. The maximum absolute atomic E-state index is 12.4. The van der Waals surface area contributed by atoms with Crippen molar-refractivity contribution >= 4 is 5.97 Å². The van der Waals surface area contributed by atoms with Crippen LogP contribution in [0, 0.1) is 0 Å². The lowest BCUT2D eigenvalue weighted by atomic mass is 9.97. The average molecular weight is 322 g/mol. The molecule has 23 heavy (non-hydrogen) atoms. The Balaban J connectivity index is 2.21. The summed E-state index contributed by atoms with van der Waals surface area (Å²) < 4.78 is 5.42. The summed E-state index contributed by atoms with van der Waals surface area (Å²) in [7, 11) is 0. The van der Waals surface area contributed by atoms with Gasteiger partial charge in [0.15, 0.2) is 0 Å². The van der Waals surface area contributed by atoms with Crippen LogP contribution in [0.25, 0.3) is 0 Å². The van der Waals surface area contributed by atoms with Gasteiger partial charge < -0.3 is 20.1 Å². The van der Waals surface area contributed by atoms with Crippen LogP contribution in [0.5, 0.6) is 11.5 Å². The number of ether oxygens (including phenoxy) is 1. The molecule has 1 aliphatic rings. The van der Waals surface area contributed by atoms with Crippen molar-refractivity contribution in [2.75, 3.05) is 0 Å². The molecule has 0 amide bonds. The summed E-state index contributed by atoms with van der Waals surface area (Å²) in [6.07, 6.45) is 5.67. The van der Waals surface area contributed by atoms with Crippen LogP contribution < -0.4 is 0 Å². The summed E-state index contributed by atoms with van der Waals surface area (Å²) >= 11 is 0. The van der Waals surface area contributed by atoms with Gasteiger partial charge in [0.05, 0.1) is 12.2 Å². The third-order valence-electron chi connectivity index (χ3n) is 4.33. The predicted octanol–water partition coefficient (Wildman–Crippen LogP) is 3.29. The lowest BCUT2D eigenvalue weighted by Crippen LogP contribution is -2.18. The number of aliphatic hydroxyl groups excluding tert-OH is 1. The zero-order valence-corrected chi connectivity index (χ0v) is 13.6. The number of cyclic esters (lactones) is 1. The van der Waals surface area contributed by atoms with Gasteiger partial charge in [-0.05, 0) is 57.1 Å². The predicted molar refractivity (Wildman–Crippen MR) is 86.7 cm³/mol. The average Bonchev–Trinajstić information content (AvgIpc) is 2.45. The molecule has 3 N–H and O–H groups in total. The number of aromatic hydroxyl groups is 2. The fourth-order valence-corrected chi connectivity index (χ4v) is 3.06. The minimum Gasteiger partial charge on any atom is -0.508 e. The second-order valence-corrected chi connectivity index (χ2v) is 6.40. The van der Waals surface area contributed by atoms with Crippen LogP contribution in [0.2, 0.25) is 0 Å². The number of carbonyl (C=O) groups is 1. The molecule has 1 aliphatic heterocycles. The van der Waals surface area contributed by atoms with E-state index in [-0.39, 0.29) is 29.3 Å². The zero-order valence-electron chi connectivity index (χ0n) is 13.6. The summed E-state index contributed by atoms with van der Waals surface area (Å²) in [4.78, 5) is 12.4. The molecule has 0 radical (unpaired) electrons. The minimum atomic E-state index is -0.553. The standard InChI is InChI=1S/C18H26O5/c1-12-6-5-9-14(19)8-4-2-3-7-13-10-15(20)11-16(21)17(13)18(22)23-12/h10-12,14,19-21H,2-9H2,1H3/t12-,14-/m1/s1. The molecule has 5 heteroatoms. The SMILES string of the molecule is C[C@@H]1CCC[C@H](O)CCCCCc2cc(O)cc(O)c2C(=O)O1. The zero-order chi connectivity index (χ0) is 16.8. The Morgan fingerprint density at radius 1 is 1.04 bits per heavy atom. The molecule has 5 nitrogen and oxygen atoms in total. The Morgan fingerprint density at radius 2 is 1.78 bits per heavy atom. The lowest BCUT2D eigenvalue weighted by molar-refractivity contribution is 0.0305. The van der Waals surface area contributed by atoms with Gasteiger partial charge in [-0.25, -0.2) is 4.79 Å². The van der Waals surface area contributed by atoms with Crippen LogP contribution in [-0.4, -0.2) is 33.5 Å². The Labute approximate surface area is 136 Å². The smallest absolute Gasteiger partial charge is 0.342 e. The molecule has 2 atom stereocenters. The molecule has 1 aromatic carbocycles. The number of esters is 1. The molecule has 0 saturated carbocycles. The Bertz CT molecular complexity index is 540. The van der Waals surface area contributed by atoms with E-state index in [0.29, 0.717) is 18.4 Å². The van der Waals surface area contributed by atoms with E-state index in [1.165, 1.54) is 12.1 Å². The molecule has 0 aliphatic carbocycles. The van der Waals surface area contributed by atoms with E-state index in [1.807, 2.05) is 6.92 Å². The molecule has 1 heterocycles. The number of carbonyl (C=O) groups excluding carboxylic acids is 1. The van der Waals surface area contributed by atoms with Crippen molar-refractivity contribution in [1.82, 2.24) is 0 Å². The lowest BCUT2D eigenvalue weighted by Gasteiger charge is -2.18. The van der Waals surface area contributed by atoms with Crippen molar-refractivity contribution in [2.45, 2.75) is 70.5 Å². The molecular weight excluding hydrogens is 296 g/mol. The summed E-state index contributed by atoms with van der Waals surface area (Å²) in [5.74, 6) is -0.846. The number of hydrogen-bond donors (Lipinski definition) is 3. The van der Waals surface area contributed by atoms with Crippen LogP contribution in [0.3, 0.4) is 0 Å². The third kappa shape index (κ3) is 5.13. The van der Waals surface area contributed by atoms with Gasteiger partial charge in [-0.3, -0.25) is 0 Å². The molecule has 0 spiro atoms. The highest BCUT2D eigenvalue weighted by Crippen LogP contribution is 2.30. The van der Waals surface area contributed by atoms with Gasteiger partial charge in [0.2, 0.25) is 0 Å². The van der Waals surface area contributed by atoms with Crippen LogP contribution in [0.4, 0.5) is 0 Å². The number of rotatable bonds is 0. The highest BCUT2D eigenvalue weighted by Gasteiger charge is 2.21. The van der Waals surface area contributed by atoms with E-state index >= 15 is 0 Å². The maximum atomic E-state index is 12.4. The van der Waals surface area contributed by atoms with Gasteiger partial charge >= 0.3 is 5.97 Å². The maximum Gasteiger partial charge on any atom is 0.342 e. The Hall–Kier alpha value is -1.75. The summed E-state index contributed by atoms with van der Waals surface area (Å²) in [6.45, 7) is 1.81. The molecule has 0 bridgehead atoms. The number of benzene rings is 1. The summed E-state index contributed by atoms with van der Waals surface area (Å²) in [6, 6.07) is 2.69. The van der Waals surface area contributed by atoms with Crippen molar-refractivity contribution in [3.05, 3.63) is 23.3 Å². The highest BCUT2D eigenvalue weighted by molar-refractivity contribution is 5.94. The molecule has 0 aromatic heterocycles. The van der Waals surface area contributed by atoms with E-state index in [1.54, 1.807) is 0 Å². The van der Waals surface area contributed by atoms with Crippen LogP contribution in [0.1, 0.15) is 67.8 Å². The normalized spacial score (nSPS) is 24.3. The van der Waals surface area contributed by atoms with E-state index in [2.05, 4.69) is 0 Å². The molecule has 1 aromatic rings. The van der Waals surface area contributed by atoms with Crippen LogP contribution in [-0.2, 0) is 11.2 Å². The number of phenolic OH excluding ortho intramolecular Hbond substituents is 2. The van der Waals surface area contributed by atoms with E-state index in [0.717, 1.165) is 38.5 Å². The Kier molecular flexibility index (Phi) is 6.28. The first kappa shape index (κ1) is 17.6. The van der Waals surface area contributed by atoms with Crippen molar-refractivity contribution in [3.8, 4) is 11.5 Å². The summed E-state index contributed by atoms with van der Waals surface area (Å²) in [5, 5.41) is 29.6. The molecule has 0 saturated heterocycles. The first-order valence-electron chi connectivity index (χ1n) is 8.41. The van der Waals surface area contributed by atoms with Crippen molar-refractivity contribution in [3.63, 3.8) is 0 Å². The van der Waals surface area contributed by atoms with Crippen LogP contribution >= 0.6 is 0 Å². The molecule has 0 fully saturated rings. The van der Waals surface area contributed by atoms with E-state index in [4.69, 9.17) is 4.74 Å². The fraction of sp³-hybridized carbons (Fsp3) is 0.611. The molecular formula is C18H26O5. The van der Waals surface area contributed by atoms with Crippen molar-refractivity contribution in [1.29, 1.82) is 0 Å². The topological polar surface area (TPSA) is 87.0 Å². The number of hydrogen-bond acceptors (Lipinski definition) is 5. The van der Waals surface area contributed by atoms with Gasteiger partial charge in [0.25, 0.3) is 0 Å². The molecule has 2 rings (SSSR count). The van der Waals surface area contributed by atoms with Gasteiger partial charge in [-0.15, -0.1) is 0 Å². The van der Waals surface area contributed by atoms with E-state index in [9.17, 15) is 20.1 Å². The highest BCUT2D eigenvalue weighted by atomic mass is 16.5. The largest absolute Gasteiger partial charge is 0.508 e. The fourth-order valence-electron chi connectivity index (χ4n) is 3.06.